The van der Waals surface area contributed by atoms with Crippen molar-refractivity contribution in [1.29, 1.82) is 0 Å². The zero-order chi connectivity index (χ0) is 14.2. The van der Waals surface area contributed by atoms with E-state index in [1.165, 1.54) is 18.5 Å². The van der Waals surface area contributed by atoms with E-state index in [0.717, 1.165) is 24.3 Å². The molecule has 0 bridgehead atoms. The lowest BCUT2D eigenvalue weighted by Crippen LogP contribution is -2.09. The fourth-order valence-electron chi connectivity index (χ4n) is 1.67. The first kappa shape index (κ1) is 12.6. The minimum atomic E-state index is -4.01. The summed E-state index contributed by atoms with van der Waals surface area (Å²) >= 11 is 0. The molecule has 0 unspecified atom stereocenters. The third kappa shape index (κ3) is 2.35. The van der Waals surface area contributed by atoms with Crippen LogP contribution in [-0.4, -0.2) is 13.4 Å². The number of nitrogens with zero attached hydrogens (tertiary/aromatic N) is 1. The Balaban J connectivity index is 1.94. The van der Waals surface area contributed by atoms with Gasteiger partial charge in [0.05, 0.1) is 0 Å². The van der Waals surface area contributed by atoms with E-state index in [9.17, 15) is 12.8 Å². The molecule has 0 aliphatic heterocycles. The molecule has 0 radical (unpaired) electrons. The van der Waals surface area contributed by atoms with Crippen molar-refractivity contribution in [1.82, 2.24) is 4.98 Å². The topological polar surface area (TPSA) is 69.4 Å². The van der Waals surface area contributed by atoms with Gasteiger partial charge in [-0.15, -0.1) is 0 Å². The van der Waals surface area contributed by atoms with Gasteiger partial charge in [0.25, 0.3) is 0 Å². The number of hydrogen-bond acceptors (Lipinski definition) is 5. The van der Waals surface area contributed by atoms with Gasteiger partial charge in [-0.1, -0.05) is 0 Å². The summed E-state index contributed by atoms with van der Waals surface area (Å²) in [6.07, 6.45) is 1.25. The molecule has 0 saturated heterocycles. The van der Waals surface area contributed by atoms with Crippen LogP contribution in [0.4, 0.5) is 4.39 Å². The van der Waals surface area contributed by atoms with Crippen LogP contribution < -0.4 is 4.18 Å². The van der Waals surface area contributed by atoms with Crippen LogP contribution in [0.25, 0.3) is 11.1 Å². The van der Waals surface area contributed by atoms with Gasteiger partial charge < -0.3 is 8.60 Å². The Bertz CT molecular complexity index is 855. The molecule has 102 valence electrons. The fourth-order valence-corrected chi connectivity index (χ4v) is 2.59. The molecule has 0 fully saturated rings. The van der Waals surface area contributed by atoms with Crippen molar-refractivity contribution < 1.29 is 21.4 Å². The van der Waals surface area contributed by atoms with Gasteiger partial charge in [-0.25, -0.2) is 9.37 Å². The van der Waals surface area contributed by atoms with Crippen molar-refractivity contribution in [2.45, 2.75) is 4.90 Å². The van der Waals surface area contributed by atoms with Gasteiger partial charge in [-0.05, 0) is 36.4 Å². The minimum absolute atomic E-state index is 0.107. The van der Waals surface area contributed by atoms with Crippen LogP contribution in [0.1, 0.15) is 0 Å². The Labute approximate surface area is 113 Å². The smallest absolute Gasteiger partial charge is 0.339 e. The molecule has 1 aromatic heterocycles. The third-order valence-corrected chi connectivity index (χ3v) is 3.87. The second kappa shape index (κ2) is 4.61. The highest BCUT2D eigenvalue weighted by atomic mass is 32.2. The van der Waals surface area contributed by atoms with Gasteiger partial charge in [-0.2, -0.15) is 8.42 Å². The van der Waals surface area contributed by atoms with Crippen molar-refractivity contribution in [2.75, 3.05) is 0 Å². The number of rotatable bonds is 3. The van der Waals surface area contributed by atoms with E-state index < -0.39 is 15.9 Å². The monoisotopic (exact) mass is 293 g/mol. The molecule has 0 saturated carbocycles. The third-order valence-electron chi connectivity index (χ3n) is 2.61. The molecule has 0 atom stereocenters. The molecule has 20 heavy (non-hydrogen) atoms. The highest BCUT2D eigenvalue weighted by Gasteiger charge is 2.17. The molecule has 3 rings (SSSR count). The SMILES string of the molecule is O=S(=O)(Oc1ccc2ocnc2c1)c1ccc(F)cc1. The van der Waals surface area contributed by atoms with Gasteiger partial charge >= 0.3 is 10.1 Å². The van der Waals surface area contributed by atoms with Crippen LogP contribution in [0.5, 0.6) is 5.75 Å². The molecule has 3 aromatic rings. The van der Waals surface area contributed by atoms with Crippen molar-refractivity contribution in [3.63, 3.8) is 0 Å². The largest absolute Gasteiger partial charge is 0.443 e. The summed E-state index contributed by atoms with van der Waals surface area (Å²) < 4.78 is 46.8. The second-order valence-electron chi connectivity index (χ2n) is 3.97. The normalized spacial score (nSPS) is 11.7. The van der Waals surface area contributed by atoms with E-state index in [1.54, 1.807) is 6.07 Å². The van der Waals surface area contributed by atoms with E-state index in [0.29, 0.717) is 11.1 Å². The average Bonchev–Trinajstić information content (AvgIpc) is 2.86. The van der Waals surface area contributed by atoms with Gasteiger partial charge in [-0.3, -0.25) is 0 Å². The molecule has 1 heterocycles. The maximum Gasteiger partial charge on any atom is 0.339 e. The van der Waals surface area contributed by atoms with Crippen LogP contribution in [0.15, 0.2) is 58.2 Å². The summed E-state index contributed by atoms with van der Waals surface area (Å²) in [5.41, 5.74) is 1.01. The minimum Gasteiger partial charge on any atom is -0.443 e. The zero-order valence-corrected chi connectivity index (χ0v) is 10.8. The quantitative estimate of drug-likeness (QED) is 0.694. The lowest BCUT2D eigenvalue weighted by molar-refractivity contribution is 0.486. The zero-order valence-electron chi connectivity index (χ0n) is 9.99. The molecule has 7 heteroatoms. The Morgan fingerprint density at radius 2 is 1.85 bits per heavy atom. The first-order valence-corrected chi connectivity index (χ1v) is 6.99. The standard InChI is InChI=1S/C13H8FNO4S/c14-9-1-4-11(5-2-9)20(16,17)19-10-3-6-13-12(7-10)15-8-18-13/h1-8H. The summed E-state index contributed by atoms with van der Waals surface area (Å²) in [5.74, 6) is -0.413. The molecule has 0 aliphatic rings. The summed E-state index contributed by atoms with van der Waals surface area (Å²) in [5, 5.41) is 0. The fraction of sp³-hybridized carbons (Fsp3) is 0. The van der Waals surface area contributed by atoms with Crippen LogP contribution in [0.2, 0.25) is 0 Å². The number of hydrogen-bond donors (Lipinski definition) is 0. The second-order valence-corrected chi connectivity index (χ2v) is 5.52. The number of benzene rings is 2. The molecular formula is C13H8FNO4S. The number of fused-ring (bicyclic) bond motifs is 1. The average molecular weight is 293 g/mol. The van der Waals surface area contributed by atoms with Crippen LogP contribution in [0.3, 0.4) is 0 Å². The van der Waals surface area contributed by atoms with Crippen LogP contribution >= 0.6 is 0 Å². The highest BCUT2D eigenvalue weighted by molar-refractivity contribution is 7.87. The van der Waals surface area contributed by atoms with Gasteiger partial charge in [0.1, 0.15) is 22.0 Å². The first-order chi connectivity index (χ1) is 9.54. The number of halogens is 1. The molecular weight excluding hydrogens is 285 g/mol. The number of oxazole rings is 1. The van der Waals surface area contributed by atoms with Crippen LogP contribution in [0, 0.1) is 5.82 Å². The van der Waals surface area contributed by atoms with E-state index >= 15 is 0 Å². The lowest BCUT2D eigenvalue weighted by Gasteiger charge is -2.06. The van der Waals surface area contributed by atoms with E-state index in [-0.39, 0.29) is 10.6 Å². The van der Waals surface area contributed by atoms with Crippen molar-refractivity contribution in [2.24, 2.45) is 0 Å². The molecule has 2 aromatic carbocycles. The van der Waals surface area contributed by atoms with E-state index in [4.69, 9.17) is 8.60 Å². The highest BCUT2D eigenvalue weighted by Crippen LogP contribution is 2.23. The molecule has 0 N–H and O–H groups in total. The predicted molar refractivity (Wildman–Crippen MR) is 68.2 cm³/mol. The summed E-state index contributed by atoms with van der Waals surface area (Å²) in [6, 6.07) is 8.83. The maximum atomic E-state index is 12.8. The lowest BCUT2D eigenvalue weighted by atomic mass is 10.3. The molecule has 0 spiro atoms. The molecule has 0 aliphatic carbocycles. The van der Waals surface area contributed by atoms with Crippen molar-refractivity contribution >= 4 is 21.2 Å². The van der Waals surface area contributed by atoms with Crippen molar-refractivity contribution in [3.8, 4) is 5.75 Å². The van der Waals surface area contributed by atoms with Gasteiger partial charge in [0.15, 0.2) is 12.0 Å². The van der Waals surface area contributed by atoms with Gasteiger partial charge in [0.2, 0.25) is 0 Å². The predicted octanol–water partition coefficient (Wildman–Crippen LogP) is 2.73. The van der Waals surface area contributed by atoms with Crippen LogP contribution in [-0.2, 0) is 10.1 Å². The van der Waals surface area contributed by atoms with E-state index in [2.05, 4.69) is 4.98 Å². The number of aromatic nitrogens is 1. The Morgan fingerprint density at radius 1 is 1.10 bits per heavy atom. The molecule has 5 nitrogen and oxygen atoms in total. The summed E-state index contributed by atoms with van der Waals surface area (Å²) in [6.45, 7) is 0. The Kier molecular flexibility index (Phi) is 2.90. The first-order valence-electron chi connectivity index (χ1n) is 5.58. The summed E-state index contributed by atoms with van der Waals surface area (Å²) in [7, 11) is -4.01. The maximum absolute atomic E-state index is 12.8. The Morgan fingerprint density at radius 3 is 2.60 bits per heavy atom. The Hall–Kier alpha value is -2.41. The molecule has 0 amide bonds. The van der Waals surface area contributed by atoms with Gasteiger partial charge in [0, 0.05) is 6.07 Å². The van der Waals surface area contributed by atoms with Crippen molar-refractivity contribution in [3.05, 3.63) is 54.7 Å². The van der Waals surface area contributed by atoms with E-state index in [1.807, 2.05) is 0 Å². The summed E-state index contributed by atoms with van der Waals surface area (Å²) in [4.78, 5) is 3.78.